The first kappa shape index (κ1) is 21.5. The molecule has 1 heterocycles. The van der Waals surface area contributed by atoms with Crippen LogP contribution in [0.3, 0.4) is 0 Å². The number of nitrogens with one attached hydrogen (secondary N) is 2. The summed E-state index contributed by atoms with van der Waals surface area (Å²) < 4.78 is 11.1. The quantitative estimate of drug-likeness (QED) is 0.373. The van der Waals surface area contributed by atoms with Crippen molar-refractivity contribution in [1.29, 1.82) is 0 Å². The fourth-order valence-corrected chi connectivity index (χ4v) is 2.98. The summed E-state index contributed by atoms with van der Waals surface area (Å²) in [4.78, 5) is 7.14. The van der Waals surface area contributed by atoms with Gasteiger partial charge in [-0.2, -0.15) is 0 Å². The molecule has 1 fully saturated rings. The first-order chi connectivity index (χ1) is 13.2. The van der Waals surface area contributed by atoms with Crippen LogP contribution in [0.5, 0.6) is 5.75 Å². The Morgan fingerprint density at radius 2 is 1.93 bits per heavy atom. The number of rotatable bonds is 10. The highest BCUT2D eigenvalue weighted by atomic mass is 16.5. The van der Waals surface area contributed by atoms with E-state index in [1.165, 1.54) is 5.56 Å². The molecule has 27 heavy (non-hydrogen) atoms. The van der Waals surface area contributed by atoms with Gasteiger partial charge in [-0.05, 0) is 51.3 Å². The van der Waals surface area contributed by atoms with Crippen LogP contribution in [-0.4, -0.2) is 69.4 Å². The molecule has 1 aromatic carbocycles. The van der Waals surface area contributed by atoms with E-state index in [1.807, 2.05) is 26.0 Å². The van der Waals surface area contributed by atoms with Gasteiger partial charge in [0.2, 0.25) is 0 Å². The molecule has 0 atom stereocenters. The van der Waals surface area contributed by atoms with E-state index in [1.54, 1.807) is 0 Å². The Kier molecular flexibility index (Phi) is 10.0. The minimum Gasteiger partial charge on any atom is -0.491 e. The molecule has 6 heteroatoms. The van der Waals surface area contributed by atoms with Gasteiger partial charge >= 0.3 is 0 Å². The summed E-state index contributed by atoms with van der Waals surface area (Å²) >= 11 is 0. The summed E-state index contributed by atoms with van der Waals surface area (Å²) in [6, 6.07) is 8.35. The van der Waals surface area contributed by atoms with Crippen LogP contribution in [0.15, 0.2) is 29.3 Å². The molecule has 152 valence electrons. The average Bonchev–Trinajstić information content (AvgIpc) is 2.67. The topological polar surface area (TPSA) is 58.1 Å². The Balaban J connectivity index is 1.68. The van der Waals surface area contributed by atoms with Crippen molar-refractivity contribution in [2.75, 3.05) is 52.5 Å². The van der Waals surface area contributed by atoms with Gasteiger partial charge in [0, 0.05) is 39.3 Å². The van der Waals surface area contributed by atoms with E-state index >= 15 is 0 Å². The fraction of sp³-hybridized carbons (Fsp3) is 0.667. The summed E-state index contributed by atoms with van der Waals surface area (Å²) in [5, 5.41) is 6.75. The van der Waals surface area contributed by atoms with Crippen LogP contribution in [0.1, 0.15) is 32.8 Å². The minimum absolute atomic E-state index is 0.208. The number of nitrogens with zero attached hydrogens (tertiary/aromatic N) is 2. The summed E-state index contributed by atoms with van der Waals surface area (Å²) in [5.41, 5.74) is 1.29. The van der Waals surface area contributed by atoms with Gasteiger partial charge in [-0.1, -0.05) is 12.1 Å². The molecule has 2 N–H and O–H groups in total. The fourth-order valence-electron chi connectivity index (χ4n) is 2.98. The van der Waals surface area contributed by atoms with E-state index in [0.29, 0.717) is 0 Å². The average molecular weight is 377 g/mol. The summed E-state index contributed by atoms with van der Waals surface area (Å²) in [7, 11) is 0. The lowest BCUT2D eigenvalue weighted by atomic mass is 10.1. The predicted molar refractivity (Wildman–Crippen MR) is 112 cm³/mol. The second-order valence-corrected chi connectivity index (χ2v) is 7.06. The van der Waals surface area contributed by atoms with Gasteiger partial charge in [-0.25, -0.2) is 0 Å². The molecule has 2 rings (SSSR count). The van der Waals surface area contributed by atoms with E-state index in [0.717, 1.165) is 77.0 Å². The Hall–Kier alpha value is -1.79. The molecule has 1 aliphatic rings. The van der Waals surface area contributed by atoms with E-state index in [-0.39, 0.29) is 6.10 Å². The summed E-state index contributed by atoms with van der Waals surface area (Å²) in [6.07, 6.45) is 2.24. The molecule has 0 spiro atoms. The van der Waals surface area contributed by atoms with Crippen LogP contribution in [0.2, 0.25) is 0 Å². The van der Waals surface area contributed by atoms with Crippen molar-refractivity contribution in [3.8, 4) is 5.75 Å². The lowest BCUT2D eigenvalue weighted by Gasteiger charge is -2.26. The zero-order chi connectivity index (χ0) is 19.3. The molecule has 0 bridgehead atoms. The van der Waals surface area contributed by atoms with E-state index in [9.17, 15) is 0 Å². The van der Waals surface area contributed by atoms with Crippen LogP contribution >= 0.6 is 0 Å². The molecule has 0 unspecified atom stereocenters. The number of hydrogen-bond donors (Lipinski definition) is 2. The van der Waals surface area contributed by atoms with Gasteiger partial charge in [-0.15, -0.1) is 0 Å². The molecular formula is C21H36N4O2. The second kappa shape index (κ2) is 12.6. The third kappa shape index (κ3) is 9.11. The third-order valence-corrected chi connectivity index (χ3v) is 4.35. The summed E-state index contributed by atoms with van der Waals surface area (Å²) in [6.45, 7) is 13.7. The van der Waals surface area contributed by atoms with Crippen molar-refractivity contribution in [2.24, 2.45) is 4.99 Å². The van der Waals surface area contributed by atoms with Crippen LogP contribution in [0, 0.1) is 0 Å². The number of benzene rings is 1. The van der Waals surface area contributed by atoms with Gasteiger partial charge in [0.05, 0.1) is 19.3 Å². The maximum absolute atomic E-state index is 5.69. The highest BCUT2D eigenvalue weighted by Gasteiger charge is 2.09. The maximum Gasteiger partial charge on any atom is 0.191 e. The molecule has 6 nitrogen and oxygen atoms in total. The standard InChI is InChI=1S/C21H36N4O2/c1-4-22-21(23-11-5-13-25-14-16-26-17-15-25)24-12-10-19-6-8-20(9-7-19)27-18(2)3/h6-9,18H,4-5,10-17H2,1-3H3,(H2,22,23,24). The molecule has 0 saturated carbocycles. The Morgan fingerprint density at radius 3 is 2.59 bits per heavy atom. The Morgan fingerprint density at radius 1 is 1.19 bits per heavy atom. The monoisotopic (exact) mass is 376 g/mol. The Bertz CT molecular complexity index is 540. The maximum atomic E-state index is 5.69. The number of hydrogen-bond acceptors (Lipinski definition) is 4. The van der Waals surface area contributed by atoms with E-state index in [4.69, 9.17) is 14.5 Å². The lowest BCUT2D eigenvalue weighted by molar-refractivity contribution is 0.0377. The number of morpholine rings is 1. The number of guanidine groups is 1. The van der Waals surface area contributed by atoms with Crippen molar-refractivity contribution >= 4 is 5.96 Å². The Labute approximate surface area is 164 Å². The van der Waals surface area contributed by atoms with Crippen molar-refractivity contribution in [3.63, 3.8) is 0 Å². The molecule has 0 amide bonds. The second-order valence-electron chi connectivity index (χ2n) is 7.06. The van der Waals surface area contributed by atoms with Gasteiger partial charge in [-0.3, -0.25) is 9.89 Å². The largest absolute Gasteiger partial charge is 0.491 e. The molecule has 1 aromatic rings. The van der Waals surface area contributed by atoms with Crippen LogP contribution in [-0.2, 0) is 11.2 Å². The zero-order valence-corrected chi connectivity index (χ0v) is 17.2. The summed E-state index contributed by atoms with van der Waals surface area (Å²) in [5.74, 6) is 1.83. The molecule has 0 aliphatic carbocycles. The van der Waals surface area contributed by atoms with Crippen molar-refractivity contribution in [2.45, 2.75) is 39.7 Å². The predicted octanol–water partition coefficient (Wildman–Crippen LogP) is 2.29. The van der Waals surface area contributed by atoms with Gasteiger partial charge in [0.25, 0.3) is 0 Å². The molecule has 1 saturated heterocycles. The van der Waals surface area contributed by atoms with E-state index in [2.05, 4.69) is 34.6 Å². The number of ether oxygens (including phenoxy) is 2. The third-order valence-electron chi connectivity index (χ3n) is 4.35. The van der Waals surface area contributed by atoms with Gasteiger partial charge < -0.3 is 20.1 Å². The SMILES string of the molecule is CCNC(=NCCCN1CCOCC1)NCCc1ccc(OC(C)C)cc1. The molecular weight excluding hydrogens is 340 g/mol. The lowest BCUT2D eigenvalue weighted by Crippen LogP contribution is -2.39. The van der Waals surface area contributed by atoms with Gasteiger partial charge in [0.1, 0.15) is 5.75 Å². The zero-order valence-electron chi connectivity index (χ0n) is 17.2. The molecule has 0 radical (unpaired) electrons. The smallest absolute Gasteiger partial charge is 0.191 e. The van der Waals surface area contributed by atoms with Crippen LogP contribution < -0.4 is 15.4 Å². The first-order valence-corrected chi connectivity index (χ1v) is 10.2. The highest BCUT2D eigenvalue weighted by Crippen LogP contribution is 2.13. The van der Waals surface area contributed by atoms with Crippen molar-refractivity contribution in [3.05, 3.63) is 29.8 Å². The highest BCUT2D eigenvalue weighted by molar-refractivity contribution is 5.79. The van der Waals surface area contributed by atoms with Crippen LogP contribution in [0.4, 0.5) is 0 Å². The normalized spacial score (nSPS) is 15.8. The molecule has 0 aromatic heterocycles. The van der Waals surface area contributed by atoms with E-state index < -0.39 is 0 Å². The first-order valence-electron chi connectivity index (χ1n) is 10.2. The minimum atomic E-state index is 0.208. The van der Waals surface area contributed by atoms with Crippen molar-refractivity contribution < 1.29 is 9.47 Å². The molecule has 1 aliphatic heterocycles. The van der Waals surface area contributed by atoms with Crippen LogP contribution in [0.25, 0.3) is 0 Å². The van der Waals surface area contributed by atoms with Crippen molar-refractivity contribution in [1.82, 2.24) is 15.5 Å². The number of aliphatic imine (C=N–C) groups is 1. The van der Waals surface area contributed by atoms with Gasteiger partial charge in [0.15, 0.2) is 5.96 Å².